The summed E-state index contributed by atoms with van der Waals surface area (Å²) >= 11 is 0. The first-order chi connectivity index (χ1) is 15.3. The van der Waals surface area contributed by atoms with E-state index in [0.717, 1.165) is 6.07 Å². The summed E-state index contributed by atoms with van der Waals surface area (Å²) < 4.78 is 57.8. The third kappa shape index (κ3) is 5.98. The second-order valence-corrected chi connectivity index (χ2v) is 7.22. The third-order valence-electron chi connectivity index (χ3n) is 4.86. The molecule has 1 aliphatic heterocycles. The van der Waals surface area contributed by atoms with Crippen molar-refractivity contribution in [1.29, 1.82) is 0 Å². The van der Waals surface area contributed by atoms with Gasteiger partial charge in [-0.2, -0.15) is 0 Å². The number of halogens is 4. The molecule has 0 saturated carbocycles. The fraction of sp³-hybridized carbons (Fsp3) is 0.429. The van der Waals surface area contributed by atoms with E-state index in [4.69, 9.17) is 19.9 Å². The standard InChI is InChI=1S/C21H23F3N4O4.ClH/c1-12-19(26-9-18(27-12)32-6-5-30-2)16(29)8-13-3-4-15(22)14(7-13)21(20(23)24)11-31-10-17(25)28-21;/h3-4,7,9,20H,5-6,8,10-11H2,1-2H3,(H2,25,28);1H/t21-;/m0./s1. The van der Waals surface area contributed by atoms with Gasteiger partial charge in [-0.1, -0.05) is 6.07 Å². The molecule has 2 N–H and O–H groups in total. The highest BCUT2D eigenvalue weighted by molar-refractivity contribution is 5.96. The van der Waals surface area contributed by atoms with Crippen molar-refractivity contribution >= 4 is 24.0 Å². The number of carbonyl (C=O) groups is 1. The Morgan fingerprint density at radius 3 is 2.73 bits per heavy atom. The highest BCUT2D eigenvalue weighted by Gasteiger charge is 2.46. The van der Waals surface area contributed by atoms with Crippen molar-refractivity contribution < 1.29 is 32.2 Å². The van der Waals surface area contributed by atoms with Crippen LogP contribution in [0.4, 0.5) is 13.2 Å². The molecule has 1 aromatic carbocycles. The number of nitrogens with two attached hydrogens (primary N) is 1. The van der Waals surface area contributed by atoms with E-state index >= 15 is 0 Å². The van der Waals surface area contributed by atoms with Crippen molar-refractivity contribution in [3.05, 3.63) is 52.7 Å². The Hall–Kier alpha value is -2.76. The quantitative estimate of drug-likeness (QED) is 0.427. The van der Waals surface area contributed by atoms with Gasteiger partial charge in [0.1, 0.15) is 30.6 Å². The monoisotopic (exact) mass is 488 g/mol. The number of hydrogen-bond acceptors (Lipinski definition) is 8. The summed E-state index contributed by atoms with van der Waals surface area (Å²) in [5, 5.41) is 0. The lowest BCUT2D eigenvalue weighted by Gasteiger charge is -2.33. The maximum absolute atomic E-state index is 14.6. The second kappa shape index (κ2) is 11.4. The third-order valence-corrected chi connectivity index (χ3v) is 4.86. The van der Waals surface area contributed by atoms with Crippen LogP contribution in [0.2, 0.25) is 0 Å². The largest absolute Gasteiger partial charge is 0.474 e. The van der Waals surface area contributed by atoms with E-state index in [1.54, 1.807) is 6.92 Å². The smallest absolute Gasteiger partial charge is 0.269 e. The molecule has 0 fully saturated rings. The van der Waals surface area contributed by atoms with Gasteiger partial charge in [0.15, 0.2) is 11.3 Å². The molecule has 3 rings (SSSR count). The number of alkyl halides is 2. The van der Waals surface area contributed by atoms with Crippen LogP contribution in [-0.4, -0.2) is 61.5 Å². The first-order valence-corrected chi connectivity index (χ1v) is 9.74. The summed E-state index contributed by atoms with van der Waals surface area (Å²) in [6.07, 6.45) is -1.96. The Labute approximate surface area is 194 Å². The van der Waals surface area contributed by atoms with E-state index in [1.807, 2.05) is 0 Å². The Balaban J connectivity index is 0.00000385. The number of ketones is 1. The second-order valence-electron chi connectivity index (χ2n) is 7.22. The van der Waals surface area contributed by atoms with Crippen LogP contribution in [0.3, 0.4) is 0 Å². The number of Topliss-reactive ketones (excluding diaryl/α,β-unsaturated/α-hetero) is 1. The molecular formula is C21H24ClF3N4O4. The topological polar surface area (TPSA) is 109 Å². The molecule has 1 aliphatic rings. The number of methoxy groups -OCH3 is 1. The van der Waals surface area contributed by atoms with E-state index in [9.17, 15) is 18.0 Å². The zero-order valence-corrected chi connectivity index (χ0v) is 18.8. The first-order valence-electron chi connectivity index (χ1n) is 9.74. The molecule has 0 bridgehead atoms. The molecule has 2 aromatic rings. The van der Waals surface area contributed by atoms with Crippen LogP contribution in [0.25, 0.3) is 0 Å². The average Bonchev–Trinajstić information content (AvgIpc) is 2.75. The minimum absolute atomic E-state index is 0. The molecule has 0 spiro atoms. The number of rotatable bonds is 9. The lowest BCUT2D eigenvalue weighted by atomic mass is 9.88. The zero-order valence-electron chi connectivity index (χ0n) is 18.0. The van der Waals surface area contributed by atoms with E-state index < -0.39 is 30.2 Å². The van der Waals surface area contributed by atoms with Gasteiger partial charge in [0.25, 0.3) is 6.43 Å². The van der Waals surface area contributed by atoms with Crippen LogP contribution < -0.4 is 10.5 Å². The fourth-order valence-corrected chi connectivity index (χ4v) is 3.32. The van der Waals surface area contributed by atoms with Crippen LogP contribution in [0.1, 0.15) is 27.3 Å². The van der Waals surface area contributed by atoms with Gasteiger partial charge in [-0.05, 0) is 24.6 Å². The maximum Gasteiger partial charge on any atom is 0.269 e. The average molecular weight is 489 g/mol. The summed E-state index contributed by atoms with van der Waals surface area (Å²) in [5.41, 5.74) is 3.67. The molecule has 1 aromatic heterocycles. The Kier molecular flexibility index (Phi) is 9.15. The van der Waals surface area contributed by atoms with Gasteiger partial charge in [-0.3, -0.25) is 9.79 Å². The van der Waals surface area contributed by atoms with E-state index in [0.29, 0.717) is 17.9 Å². The number of aliphatic imine (C=N–C) groups is 1. The molecule has 0 radical (unpaired) electrons. The number of ether oxygens (including phenoxy) is 3. The molecule has 180 valence electrons. The summed E-state index contributed by atoms with van der Waals surface area (Å²) in [6, 6.07) is 3.56. The van der Waals surface area contributed by atoms with Gasteiger partial charge >= 0.3 is 0 Å². The first kappa shape index (κ1) is 26.5. The van der Waals surface area contributed by atoms with Gasteiger partial charge in [0.2, 0.25) is 5.88 Å². The maximum atomic E-state index is 14.6. The van der Waals surface area contributed by atoms with Gasteiger partial charge in [0, 0.05) is 19.1 Å². The molecule has 2 heterocycles. The van der Waals surface area contributed by atoms with Gasteiger partial charge in [0.05, 0.1) is 25.1 Å². The van der Waals surface area contributed by atoms with Crippen molar-refractivity contribution in [2.75, 3.05) is 33.5 Å². The van der Waals surface area contributed by atoms with Crippen molar-refractivity contribution in [3.8, 4) is 5.88 Å². The number of amidine groups is 1. The summed E-state index contributed by atoms with van der Waals surface area (Å²) in [4.78, 5) is 24.9. The minimum Gasteiger partial charge on any atom is -0.474 e. The van der Waals surface area contributed by atoms with Crippen LogP contribution in [0.5, 0.6) is 5.88 Å². The predicted molar refractivity (Wildman–Crippen MR) is 116 cm³/mol. The van der Waals surface area contributed by atoms with Crippen molar-refractivity contribution in [2.45, 2.75) is 25.3 Å². The molecular weight excluding hydrogens is 465 g/mol. The van der Waals surface area contributed by atoms with E-state index in [1.165, 1.54) is 25.4 Å². The molecule has 0 unspecified atom stereocenters. The van der Waals surface area contributed by atoms with Crippen molar-refractivity contribution in [3.63, 3.8) is 0 Å². The van der Waals surface area contributed by atoms with E-state index in [2.05, 4.69) is 15.0 Å². The van der Waals surface area contributed by atoms with Gasteiger partial charge in [-0.15, -0.1) is 12.4 Å². The van der Waals surface area contributed by atoms with Crippen LogP contribution >= 0.6 is 12.4 Å². The van der Waals surface area contributed by atoms with Crippen LogP contribution in [0, 0.1) is 12.7 Å². The Morgan fingerprint density at radius 1 is 1.33 bits per heavy atom. The molecule has 0 aliphatic carbocycles. The predicted octanol–water partition coefficient (Wildman–Crippen LogP) is 2.64. The normalized spacial score (nSPS) is 17.9. The SMILES string of the molecule is COCCOc1cnc(C(=O)Cc2ccc(F)c([C@]3(C(F)F)COCC(N)=N3)c2)c(C)n1.Cl. The molecule has 33 heavy (non-hydrogen) atoms. The highest BCUT2D eigenvalue weighted by atomic mass is 35.5. The summed E-state index contributed by atoms with van der Waals surface area (Å²) in [7, 11) is 1.54. The lowest BCUT2D eigenvalue weighted by Crippen LogP contribution is -2.45. The van der Waals surface area contributed by atoms with Crippen LogP contribution in [-0.2, 0) is 21.4 Å². The Bertz CT molecular complexity index is 1020. The van der Waals surface area contributed by atoms with Gasteiger partial charge < -0.3 is 19.9 Å². The van der Waals surface area contributed by atoms with E-state index in [-0.39, 0.29) is 55.0 Å². The fourth-order valence-electron chi connectivity index (χ4n) is 3.32. The molecule has 1 atom stereocenters. The molecule has 12 heteroatoms. The number of benzene rings is 1. The number of aryl methyl sites for hydroxylation is 1. The van der Waals surface area contributed by atoms with Gasteiger partial charge in [-0.25, -0.2) is 23.1 Å². The van der Waals surface area contributed by atoms with Crippen molar-refractivity contribution in [1.82, 2.24) is 9.97 Å². The lowest BCUT2D eigenvalue weighted by molar-refractivity contribution is -0.0146. The number of nitrogens with zero attached hydrogens (tertiary/aromatic N) is 3. The molecule has 0 amide bonds. The minimum atomic E-state index is -3.07. The van der Waals surface area contributed by atoms with Crippen molar-refractivity contribution in [2.24, 2.45) is 10.7 Å². The zero-order chi connectivity index (χ0) is 23.3. The summed E-state index contributed by atoms with van der Waals surface area (Å²) in [5.74, 6) is -1.22. The number of carbonyl (C=O) groups excluding carboxylic acids is 1. The molecule has 8 nitrogen and oxygen atoms in total. The van der Waals surface area contributed by atoms with Crippen LogP contribution in [0.15, 0.2) is 29.4 Å². The number of hydrogen-bond donors (Lipinski definition) is 1. The Morgan fingerprint density at radius 2 is 2.09 bits per heavy atom. The summed E-state index contributed by atoms with van der Waals surface area (Å²) in [6.45, 7) is 1.60. The molecule has 0 saturated heterocycles. The number of aromatic nitrogens is 2. The highest BCUT2D eigenvalue weighted by Crippen LogP contribution is 2.37.